The van der Waals surface area contributed by atoms with Gasteiger partial charge in [0.25, 0.3) is 0 Å². The zero-order chi connectivity index (χ0) is 44.0. The molecule has 0 unspecified atom stereocenters. The van der Waals surface area contributed by atoms with Crippen LogP contribution in [0.3, 0.4) is 0 Å². The summed E-state index contributed by atoms with van der Waals surface area (Å²) in [6.45, 7) is 4.72. The van der Waals surface area contributed by atoms with Crippen molar-refractivity contribution in [1.29, 1.82) is 0 Å². The molecule has 0 radical (unpaired) electrons. The van der Waals surface area contributed by atoms with Crippen molar-refractivity contribution in [3.63, 3.8) is 0 Å². The van der Waals surface area contributed by atoms with Gasteiger partial charge in [0.05, 0.1) is 22.5 Å². The van der Waals surface area contributed by atoms with Crippen molar-refractivity contribution < 1.29 is 0 Å². The van der Waals surface area contributed by atoms with Gasteiger partial charge in [-0.2, -0.15) is 0 Å². The Hall–Kier alpha value is -8.20. The van der Waals surface area contributed by atoms with Gasteiger partial charge in [-0.15, -0.1) is 0 Å². The molecule has 0 fully saturated rings. The highest BCUT2D eigenvalue weighted by Gasteiger charge is 2.52. The lowest BCUT2D eigenvalue weighted by Crippen LogP contribution is -2.36. The van der Waals surface area contributed by atoms with Crippen LogP contribution in [0.5, 0.6) is 0 Å². The van der Waals surface area contributed by atoms with Crippen molar-refractivity contribution in [2.75, 3.05) is 9.80 Å². The summed E-state index contributed by atoms with van der Waals surface area (Å²) in [6.07, 6.45) is 0. The number of para-hydroxylation sites is 3. The number of anilines is 6. The van der Waals surface area contributed by atoms with Crippen molar-refractivity contribution >= 4 is 34.1 Å². The van der Waals surface area contributed by atoms with E-state index in [-0.39, 0.29) is 5.41 Å². The Labute approximate surface area is 387 Å². The van der Waals surface area contributed by atoms with Crippen molar-refractivity contribution in [3.8, 4) is 44.5 Å². The largest absolute Gasteiger partial charge is 0.310 e. The first kappa shape index (κ1) is 38.3. The Morgan fingerprint density at radius 1 is 0.333 bits per heavy atom. The van der Waals surface area contributed by atoms with Gasteiger partial charge >= 0.3 is 0 Å². The summed E-state index contributed by atoms with van der Waals surface area (Å²) in [6, 6.07) is 90.0. The number of benzene rings is 10. The van der Waals surface area contributed by atoms with Crippen molar-refractivity contribution in [2.45, 2.75) is 24.7 Å². The molecule has 66 heavy (non-hydrogen) atoms. The molecule has 0 atom stereocenters. The minimum Gasteiger partial charge on any atom is -0.310 e. The fourth-order valence-corrected chi connectivity index (χ4v) is 11.7. The highest BCUT2D eigenvalue weighted by Crippen LogP contribution is 2.65. The molecule has 1 spiro atoms. The molecule has 1 heterocycles. The summed E-state index contributed by atoms with van der Waals surface area (Å²) >= 11 is 0. The molecule has 312 valence electrons. The fourth-order valence-electron chi connectivity index (χ4n) is 11.7. The van der Waals surface area contributed by atoms with Crippen LogP contribution in [0.4, 0.5) is 34.1 Å². The maximum atomic E-state index is 2.49. The van der Waals surface area contributed by atoms with Gasteiger partial charge in [-0.25, -0.2) is 0 Å². The zero-order valence-corrected chi connectivity index (χ0v) is 37.0. The lowest BCUT2D eigenvalue weighted by molar-refractivity contribution is 0.660. The second-order valence-corrected chi connectivity index (χ2v) is 18.4. The Morgan fingerprint density at radius 3 is 1.58 bits per heavy atom. The molecular weight excluding hydrogens is 797 g/mol. The Kier molecular flexibility index (Phi) is 8.51. The van der Waals surface area contributed by atoms with E-state index < -0.39 is 5.41 Å². The lowest BCUT2D eigenvalue weighted by atomic mass is 9.64. The predicted octanol–water partition coefficient (Wildman–Crippen LogP) is 16.9. The summed E-state index contributed by atoms with van der Waals surface area (Å²) in [5.41, 5.74) is 24.2. The second kappa shape index (κ2) is 14.7. The van der Waals surface area contributed by atoms with Gasteiger partial charge in [0.1, 0.15) is 0 Å². The van der Waals surface area contributed by atoms with E-state index in [4.69, 9.17) is 0 Å². The maximum Gasteiger partial charge on any atom is 0.0755 e. The molecule has 0 aromatic heterocycles. The molecule has 0 saturated heterocycles. The Balaban J connectivity index is 1.02. The number of hydrogen-bond donors (Lipinski definition) is 0. The molecule has 13 rings (SSSR count). The van der Waals surface area contributed by atoms with E-state index in [0.29, 0.717) is 0 Å². The number of rotatable bonds is 6. The molecule has 3 aliphatic rings. The smallest absolute Gasteiger partial charge is 0.0755 e. The monoisotopic (exact) mass is 842 g/mol. The molecular formula is C64H46N2. The molecule has 2 aliphatic carbocycles. The highest BCUT2D eigenvalue weighted by molar-refractivity contribution is 6.01. The van der Waals surface area contributed by atoms with Crippen LogP contribution in [0.1, 0.15) is 47.2 Å². The van der Waals surface area contributed by atoms with Gasteiger partial charge in [-0.3, -0.25) is 0 Å². The third-order valence-electron chi connectivity index (χ3n) is 14.7. The van der Waals surface area contributed by atoms with Crippen LogP contribution in [0.25, 0.3) is 44.5 Å². The number of hydrogen-bond acceptors (Lipinski definition) is 2. The number of nitrogens with zero attached hydrogens (tertiary/aromatic N) is 2. The Morgan fingerprint density at radius 2 is 0.848 bits per heavy atom. The van der Waals surface area contributed by atoms with Gasteiger partial charge in [-0.05, 0) is 133 Å². The summed E-state index contributed by atoms with van der Waals surface area (Å²) < 4.78 is 0. The minimum atomic E-state index is -0.567. The molecule has 0 N–H and O–H groups in total. The molecule has 10 aromatic carbocycles. The van der Waals surface area contributed by atoms with E-state index in [9.17, 15) is 0 Å². The SMILES string of the molecule is CC1(C)c2ccccc2-c2ccc(-c3ccc(N(c4cccc(-c5ccccc5)c4)c4cccc5c4-c4ccccc4C54c5ccccc5N(c5ccccc5)c5ccccc54)cc3)cc21. The number of fused-ring (bicyclic) bond motifs is 12. The summed E-state index contributed by atoms with van der Waals surface area (Å²) in [5, 5.41) is 0. The van der Waals surface area contributed by atoms with Gasteiger partial charge in [0.2, 0.25) is 0 Å². The molecule has 2 heteroatoms. The van der Waals surface area contributed by atoms with Crippen LogP contribution in [0.15, 0.2) is 243 Å². The van der Waals surface area contributed by atoms with Gasteiger partial charge < -0.3 is 9.80 Å². The fraction of sp³-hybridized carbons (Fsp3) is 0.0625. The zero-order valence-electron chi connectivity index (χ0n) is 37.0. The van der Waals surface area contributed by atoms with E-state index in [1.54, 1.807) is 0 Å². The third kappa shape index (κ3) is 5.48. The quantitative estimate of drug-likeness (QED) is 0.165. The van der Waals surface area contributed by atoms with E-state index in [1.165, 1.54) is 89.3 Å². The standard InChI is InChI=1S/C64H46N2/c1-63(2)53-27-11-9-25-50(53)51-40-37-46(42-58(51)63)44-35-38-48(39-36-44)65(49-24-17-21-45(41-49)43-19-5-3-6-20-43)61-34-18-31-57-62(61)52-26-10-12-28-54(52)64(57)55-29-13-15-32-59(55)66(47-22-7-4-8-23-47)60-33-16-14-30-56(60)64/h3-42H,1-2H3. The topological polar surface area (TPSA) is 6.48 Å². The van der Waals surface area contributed by atoms with Crippen LogP contribution in [-0.4, -0.2) is 0 Å². The normalized spacial score (nSPS) is 14.1. The van der Waals surface area contributed by atoms with Crippen molar-refractivity contribution in [2.24, 2.45) is 0 Å². The first-order valence-electron chi connectivity index (χ1n) is 23.1. The average Bonchev–Trinajstić information content (AvgIpc) is 3.80. The van der Waals surface area contributed by atoms with Gasteiger partial charge in [0, 0.05) is 28.0 Å². The van der Waals surface area contributed by atoms with Crippen LogP contribution in [-0.2, 0) is 10.8 Å². The van der Waals surface area contributed by atoms with Gasteiger partial charge in [0.15, 0.2) is 0 Å². The lowest BCUT2D eigenvalue weighted by Gasteiger charge is -2.45. The van der Waals surface area contributed by atoms with Crippen LogP contribution in [0, 0.1) is 0 Å². The van der Waals surface area contributed by atoms with Crippen molar-refractivity contribution in [1.82, 2.24) is 0 Å². The molecule has 0 bridgehead atoms. The third-order valence-corrected chi connectivity index (χ3v) is 14.7. The van der Waals surface area contributed by atoms with E-state index in [0.717, 1.165) is 22.7 Å². The average molecular weight is 843 g/mol. The van der Waals surface area contributed by atoms with E-state index in [1.807, 2.05) is 0 Å². The van der Waals surface area contributed by atoms with Crippen LogP contribution >= 0.6 is 0 Å². The first-order valence-corrected chi connectivity index (χ1v) is 23.1. The van der Waals surface area contributed by atoms with Crippen LogP contribution in [0.2, 0.25) is 0 Å². The molecule has 2 nitrogen and oxygen atoms in total. The maximum absolute atomic E-state index is 2.49. The molecule has 1 aliphatic heterocycles. The highest BCUT2D eigenvalue weighted by atomic mass is 15.2. The van der Waals surface area contributed by atoms with E-state index in [2.05, 4.69) is 266 Å². The predicted molar refractivity (Wildman–Crippen MR) is 275 cm³/mol. The second-order valence-electron chi connectivity index (χ2n) is 18.4. The minimum absolute atomic E-state index is 0.0665. The molecule has 0 amide bonds. The first-order chi connectivity index (χ1) is 32.5. The Bertz CT molecular complexity index is 3460. The summed E-state index contributed by atoms with van der Waals surface area (Å²) in [7, 11) is 0. The van der Waals surface area contributed by atoms with Crippen LogP contribution < -0.4 is 9.80 Å². The van der Waals surface area contributed by atoms with E-state index >= 15 is 0 Å². The van der Waals surface area contributed by atoms with Gasteiger partial charge in [-0.1, -0.05) is 196 Å². The molecule has 0 saturated carbocycles. The summed E-state index contributed by atoms with van der Waals surface area (Å²) in [4.78, 5) is 4.94. The summed E-state index contributed by atoms with van der Waals surface area (Å²) in [5.74, 6) is 0. The molecule has 10 aromatic rings. The van der Waals surface area contributed by atoms with Crippen molar-refractivity contribution in [3.05, 3.63) is 276 Å².